The Morgan fingerprint density at radius 3 is 2.61 bits per heavy atom. The number of carbonyl (C=O) groups excluding carboxylic acids is 1. The number of morpholine rings is 1. The van der Waals surface area contributed by atoms with E-state index in [1.165, 1.54) is 22.4 Å². The Labute approximate surface area is 180 Å². The fourth-order valence-corrected chi connectivity index (χ4v) is 3.86. The van der Waals surface area contributed by atoms with E-state index in [0.29, 0.717) is 31.1 Å². The van der Waals surface area contributed by atoms with Gasteiger partial charge in [0.15, 0.2) is 5.69 Å². The summed E-state index contributed by atoms with van der Waals surface area (Å²) in [5.41, 5.74) is 3.85. The smallest absolute Gasteiger partial charge is 0.273 e. The molecule has 1 saturated heterocycles. The Hall–Kier alpha value is -3.10. The average Bonchev–Trinajstić information content (AvgIpc) is 3.16. The lowest BCUT2D eigenvalue weighted by Crippen LogP contribution is -2.44. The summed E-state index contributed by atoms with van der Waals surface area (Å²) >= 11 is 0. The third-order valence-electron chi connectivity index (χ3n) is 5.55. The van der Waals surface area contributed by atoms with Gasteiger partial charge in [0.05, 0.1) is 30.6 Å². The molecule has 2 aromatic carbocycles. The van der Waals surface area contributed by atoms with Crippen molar-refractivity contribution in [2.75, 3.05) is 32.8 Å². The van der Waals surface area contributed by atoms with Gasteiger partial charge >= 0.3 is 0 Å². The Morgan fingerprint density at radius 1 is 1.16 bits per heavy atom. The van der Waals surface area contributed by atoms with Crippen LogP contribution in [0.25, 0.3) is 5.69 Å². The van der Waals surface area contributed by atoms with Crippen LogP contribution in [0.2, 0.25) is 0 Å². The van der Waals surface area contributed by atoms with Gasteiger partial charge in [-0.25, -0.2) is 9.07 Å². The van der Waals surface area contributed by atoms with Crippen LogP contribution in [0, 0.1) is 19.7 Å². The third kappa shape index (κ3) is 4.81. The number of halogens is 1. The number of nitrogens with zero attached hydrogens (tertiary/aromatic N) is 4. The molecule has 4 rings (SSSR count). The van der Waals surface area contributed by atoms with Crippen molar-refractivity contribution in [1.29, 1.82) is 0 Å². The van der Waals surface area contributed by atoms with Crippen LogP contribution in [0.5, 0.6) is 0 Å². The van der Waals surface area contributed by atoms with Gasteiger partial charge in [-0.15, -0.1) is 5.10 Å². The first-order chi connectivity index (χ1) is 15.0. The quantitative estimate of drug-likeness (QED) is 0.660. The van der Waals surface area contributed by atoms with E-state index in [1.54, 1.807) is 19.1 Å². The van der Waals surface area contributed by atoms with Crippen LogP contribution in [-0.2, 0) is 4.74 Å². The number of ether oxygens (including phenoxy) is 1. The lowest BCUT2D eigenvalue weighted by atomic mass is 10.0. The zero-order chi connectivity index (χ0) is 21.8. The van der Waals surface area contributed by atoms with Gasteiger partial charge in [0.1, 0.15) is 5.82 Å². The number of nitrogens with one attached hydrogen (secondary N) is 1. The van der Waals surface area contributed by atoms with Gasteiger partial charge in [0, 0.05) is 19.6 Å². The lowest BCUT2D eigenvalue weighted by Gasteiger charge is -2.35. The fraction of sp³-hybridized carbons (Fsp3) is 0.348. The van der Waals surface area contributed by atoms with Gasteiger partial charge in [-0.2, -0.15) is 0 Å². The molecule has 0 bridgehead atoms. The predicted molar refractivity (Wildman–Crippen MR) is 115 cm³/mol. The van der Waals surface area contributed by atoms with Gasteiger partial charge in [-0.05, 0) is 43.7 Å². The number of carbonyl (C=O) groups is 1. The average molecular weight is 423 g/mol. The van der Waals surface area contributed by atoms with Crippen LogP contribution in [0.1, 0.15) is 33.4 Å². The normalized spacial score (nSPS) is 15.6. The first-order valence-corrected chi connectivity index (χ1v) is 10.4. The number of rotatable bonds is 6. The van der Waals surface area contributed by atoms with E-state index >= 15 is 0 Å². The molecular weight excluding hydrogens is 397 g/mol. The van der Waals surface area contributed by atoms with Crippen molar-refractivity contribution in [3.63, 3.8) is 0 Å². The predicted octanol–water partition coefficient (Wildman–Crippen LogP) is 2.83. The molecule has 162 valence electrons. The standard InChI is InChI=1S/C23H26FN5O2/c1-16-4-3-5-18(14-16)21(28-10-12-31-13-11-28)15-25-23(30)22-17(2)29(27-26-22)20-8-6-19(24)7-9-20/h3-9,14,21H,10-13,15H2,1-2H3,(H,25,30). The second-order valence-electron chi connectivity index (χ2n) is 7.70. The molecule has 1 unspecified atom stereocenters. The number of aryl methyl sites for hydroxylation is 1. The Bertz CT molecular complexity index is 1040. The Kier molecular flexibility index (Phi) is 6.39. The highest BCUT2D eigenvalue weighted by Crippen LogP contribution is 2.22. The zero-order valence-electron chi connectivity index (χ0n) is 17.7. The molecule has 1 aromatic heterocycles. The molecular formula is C23H26FN5O2. The maximum atomic E-state index is 13.2. The molecule has 1 atom stereocenters. The number of benzene rings is 2. The Morgan fingerprint density at radius 2 is 1.90 bits per heavy atom. The largest absolute Gasteiger partial charge is 0.379 e. The number of amides is 1. The number of hydrogen-bond donors (Lipinski definition) is 1. The number of hydrogen-bond acceptors (Lipinski definition) is 5. The van der Waals surface area contributed by atoms with Crippen molar-refractivity contribution in [1.82, 2.24) is 25.2 Å². The molecule has 0 radical (unpaired) electrons. The second-order valence-corrected chi connectivity index (χ2v) is 7.70. The minimum atomic E-state index is -0.329. The van der Waals surface area contributed by atoms with Crippen molar-refractivity contribution in [3.8, 4) is 5.69 Å². The molecule has 1 aliphatic heterocycles. The lowest BCUT2D eigenvalue weighted by molar-refractivity contribution is 0.0162. The van der Waals surface area contributed by atoms with E-state index in [0.717, 1.165) is 18.7 Å². The molecule has 0 saturated carbocycles. The molecule has 1 fully saturated rings. The summed E-state index contributed by atoms with van der Waals surface area (Å²) in [5.74, 6) is -0.610. The van der Waals surface area contributed by atoms with E-state index < -0.39 is 0 Å². The first kappa shape index (κ1) is 21.1. The minimum Gasteiger partial charge on any atom is -0.379 e. The minimum absolute atomic E-state index is 0.0419. The summed E-state index contributed by atoms with van der Waals surface area (Å²) in [5, 5.41) is 11.2. The second kappa shape index (κ2) is 9.36. The molecule has 8 heteroatoms. The summed E-state index contributed by atoms with van der Waals surface area (Å²) in [6, 6.07) is 14.3. The molecule has 1 amide bonds. The van der Waals surface area contributed by atoms with Gasteiger partial charge in [-0.3, -0.25) is 9.69 Å². The molecule has 7 nitrogen and oxygen atoms in total. The van der Waals surface area contributed by atoms with E-state index in [4.69, 9.17) is 4.74 Å². The van der Waals surface area contributed by atoms with Crippen LogP contribution in [0.3, 0.4) is 0 Å². The molecule has 2 heterocycles. The zero-order valence-corrected chi connectivity index (χ0v) is 17.7. The van der Waals surface area contributed by atoms with Crippen LogP contribution < -0.4 is 5.32 Å². The summed E-state index contributed by atoms with van der Waals surface area (Å²) in [6.45, 7) is 7.28. The topological polar surface area (TPSA) is 72.3 Å². The SMILES string of the molecule is Cc1cccc(C(CNC(=O)c2nnn(-c3ccc(F)cc3)c2C)N2CCOCC2)c1. The molecule has 31 heavy (non-hydrogen) atoms. The number of aromatic nitrogens is 3. The fourth-order valence-electron chi connectivity index (χ4n) is 3.86. The van der Waals surface area contributed by atoms with Crippen molar-refractivity contribution in [3.05, 3.63) is 76.9 Å². The van der Waals surface area contributed by atoms with Crippen LogP contribution in [0.4, 0.5) is 4.39 Å². The van der Waals surface area contributed by atoms with E-state index in [2.05, 4.69) is 45.7 Å². The van der Waals surface area contributed by atoms with Crippen LogP contribution >= 0.6 is 0 Å². The summed E-state index contributed by atoms with van der Waals surface area (Å²) in [4.78, 5) is 15.3. The maximum absolute atomic E-state index is 13.2. The van der Waals surface area contributed by atoms with Crippen molar-refractivity contribution >= 4 is 5.91 Å². The van der Waals surface area contributed by atoms with Gasteiger partial charge < -0.3 is 10.1 Å². The highest BCUT2D eigenvalue weighted by atomic mass is 19.1. The van der Waals surface area contributed by atoms with E-state index in [9.17, 15) is 9.18 Å². The first-order valence-electron chi connectivity index (χ1n) is 10.4. The van der Waals surface area contributed by atoms with Gasteiger partial charge in [0.2, 0.25) is 0 Å². The summed E-state index contributed by atoms with van der Waals surface area (Å²) in [7, 11) is 0. The third-order valence-corrected chi connectivity index (χ3v) is 5.55. The molecule has 1 aliphatic rings. The van der Waals surface area contributed by atoms with Crippen LogP contribution in [0.15, 0.2) is 48.5 Å². The highest BCUT2D eigenvalue weighted by molar-refractivity contribution is 5.93. The van der Waals surface area contributed by atoms with Crippen molar-refractivity contribution in [2.45, 2.75) is 19.9 Å². The van der Waals surface area contributed by atoms with Crippen molar-refractivity contribution < 1.29 is 13.9 Å². The molecule has 0 spiro atoms. The maximum Gasteiger partial charge on any atom is 0.273 e. The molecule has 3 aromatic rings. The Balaban J connectivity index is 1.51. The highest BCUT2D eigenvalue weighted by Gasteiger charge is 2.25. The summed E-state index contributed by atoms with van der Waals surface area (Å²) in [6.07, 6.45) is 0. The molecule has 1 N–H and O–H groups in total. The van der Waals surface area contributed by atoms with Crippen LogP contribution in [-0.4, -0.2) is 58.6 Å². The monoisotopic (exact) mass is 423 g/mol. The van der Waals surface area contributed by atoms with Gasteiger partial charge in [0.25, 0.3) is 5.91 Å². The van der Waals surface area contributed by atoms with Gasteiger partial charge in [-0.1, -0.05) is 35.0 Å². The summed E-state index contributed by atoms with van der Waals surface area (Å²) < 4.78 is 20.2. The van der Waals surface area contributed by atoms with E-state index in [1.807, 2.05) is 6.07 Å². The van der Waals surface area contributed by atoms with Crippen molar-refractivity contribution in [2.24, 2.45) is 0 Å². The van der Waals surface area contributed by atoms with E-state index in [-0.39, 0.29) is 23.5 Å². The molecule has 0 aliphatic carbocycles.